The lowest BCUT2D eigenvalue weighted by Gasteiger charge is -2.12. The molecule has 1 aromatic carbocycles. The van der Waals surface area contributed by atoms with Crippen molar-refractivity contribution in [1.82, 2.24) is 5.32 Å². The fraction of sp³-hybridized carbons (Fsp3) is 0.333. The van der Waals surface area contributed by atoms with Gasteiger partial charge in [0.25, 0.3) is 0 Å². The van der Waals surface area contributed by atoms with Crippen molar-refractivity contribution in [2.75, 3.05) is 17.2 Å². The monoisotopic (exact) mass is 343 g/mol. The molecule has 3 N–H and O–H groups in total. The van der Waals surface area contributed by atoms with E-state index in [4.69, 9.17) is 0 Å². The third-order valence-electron chi connectivity index (χ3n) is 3.94. The minimum absolute atomic E-state index is 0.0604. The largest absolute Gasteiger partial charge is 0.338 e. The number of rotatable bonds is 6. The van der Waals surface area contributed by atoms with Crippen molar-refractivity contribution in [3.8, 4) is 0 Å². The van der Waals surface area contributed by atoms with Gasteiger partial charge in [-0.3, -0.25) is 4.79 Å². The molecule has 1 aromatic heterocycles. The molecule has 1 fully saturated rings. The summed E-state index contributed by atoms with van der Waals surface area (Å²) in [6.07, 6.45) is 2.76. The Bertz CT molecular complexity index is 724. The third-order valence-corrected chi connectivity index (χ3v) is 4.87. The molecule has 5 nitrogen and oxygen atoms in total. The van der Waals surface area contributed by atoms with E-state index in [1.54, 1.807) is 17.4 Å². The van der Waals surface area contributed by atoms with Crippen molar-refractivity contribution in [1.29, 1.82) is 0 Å². The van der Waals surface area contributed by atoms with Crippen LogP contribution >= 0.6 is 11.3 Å². The maximum Gasteiger partial charge on any atom is 0.319 e. The van der Waals surface area contributed by atoms with E-state index in [1.807, 2.05) is 30.5 Å². The number of nitrogens with one attached hydrogen (secondary N) is 3. The molecule has 0 spiro atoms. The Kier molecular flexibility index (Phi) is 5.15. The number of carbonyl (C=O) groups excluding carboxylic acids is 2. The molecule has 0 saturated heterocycles. The Morgan fingerprint density at radius 3 is 2.75 bits per heavy atom. The van der Waals surface area contributed by atoms with Gasteiger partial charge in [-0.15, -0.1) is 11.3 Å². The van der Waals surface area contributed by atoms with E-state index in [-0.39, 0.29) is 17.9 Å². The smallest absolute Gasteiger partial charge is 0.319 e. The van der Waals surface area contributed by atoms with Crippen LogP contribution < -0.4 is 16.0 Å². The third kappa shape index (κ3) is 4.58. The van der Waals surface area contributed by atoms with Gasteiger partial charge in [0.1, 0.15) is 0 Å². The van der Waals surface area contributed by atoms with Crippen LogP contribution in [-0.2, 0) is 11.2 Å². The normalized spacial score (nSPS) is 13.4. The van der Waals surface area contributed by atoms with Crippen molar-refractivity contribution in [2.45, 2.75) is 26.2 Å². The van der Waals surface area contributed by atoms with Gasteiger partial charge in [-0.25, -0.2) is 4.79 Å². The summed E-state index contributed by atoms with van der Waals surface area (Å²) in [7, 11) is 0. The molecule has 0 atom stereocenters. The summed E-state index contributed by atoms with van der Waals surface area (Å²) in [6.45, 7) is 2.51. The minimum Gasteiger partial charge on any atom is -0.338 e. The van der Waals surface area contributed by atoms with Gasteiger partial charge in [-0.05, 0) is 55.3 Å². The first-order chi connectivity index (χ1) is 11.6. The summed E-state index contributed by atoms with van der Waals surface area (Å²) >= 11 is 1.68. The molecule has 3 rings (SSSR count). The van der Waals surface area contributed by atoms with Crippen molar-refractivity contribution in [3.63, 3.8) is 0 Å². The maximum absolute atomic E-state index is 12.0. The Balaban J connectivity index is 1.52. The molecular formula is C18H21N3O2S. The van der Waals surface area contributed by atoms with E-state index in [2.05, 4.69) is 22.0 Å². The van der Waals surface area contributed by atoms with Crippen LogP contribution in [-0.4, -0.2) is 18.5 Å². The van der Waals surface area contributed by atoms with Crippen molar-refractivity contribution >= 4 is 34.6 Å². The molecular weight excluding hydrogens is 322 g/mol. The second-order valence-electron chi connectivity index (χ2n) is 6.00. The summed E-state index contributed by atoms with van der Waals surface area (Å²) in [5.74, 6) is 0.216. The van der Waals surface area contributed by atoms with Gasteiger partial charge >= 0.3 is 6.03 Å². The standard InChI is InChI=1S/C18H21N3O2S/c1-12-4-7-14(20-17(22)13-5-6-13)11-16(12)21-18(23)19-9-8-15-3-2-10-24-15/h2-4,7,10-11,13H,5-6,8-9H2,1H3,(H,20,22)(H2,19,21,23). The zero-order valence-electron chi connectivity index (χ0n) is 13.6. The molecule has 1 aliphatic rings. The second-order valence-corrected chi connectivity index (χ2v) is 7.04. The van der Waals surface area contributed by atoms with Gasteiger partial charge in [0, 0.05) is 28.7 Å². The summed E-state index contributed by atoms with van der Waals surface area (Å²) in [5.41, 5.74) is 2.37. The molecule has 6 heteroatoms. The van der Waals surface area contributed by atoms with E-state index < -0.39 is 0 Å². The fourth-order valence-electron chi connectivity index (χ4n) is 2.34. The number of thiophene rings is 1. The first-order valence-electron chi connectivity index (χ1n) is 8.10. The maximum atomic E-state index is 12.0. The number of aryl methyl sites for hydroxylation is 1. The van der Waals surface area contributed by atoms with Crippen LogP contribution in [0.3, 0.4) is 0 Å². The SMILES string of the molecule is Cc1ccc(NC(=O)C2CC2)cc1NC(=O)NCCc1cccs1. The van der Waals surface area contributed by atoms with Gasteiger partial charge < -0.3 is 16.0 Å². The lowest BCUT2D eigenvalue weighted by Crippen LogP contribution is -2.30. The first kappa shape index (κ1) is 16.5. The van der Waals surface area contributed by atoms with Gasteiger partial charge in [0.2, 0.25) is 5.91 Å². The van der Waals surface area contributed by atoms with Crippen LogP contribution in [0.5, 0.6) is 0 Å². The minimum atomic E-state index is -0.236. The number of hydrogen-bond donors (Lipinski definition) is 3. The average molecular weight is 343 g/mol. The molecule has 1 aliphatic carbocycles. The highest BCUT2D eigenvalue weighted by atomic mass is 32.1. The number of carbonyl (C=O) groups is 2. The van der Waals surface area contributed by atoms with Crippen LogP contribution in [0.2, 0.25) is 0 Å². The molecule has 1 saturated carbocycles. The van der Waals surface area contributed by atoms with Gasteiger partial charge in [0.15, 0.2) is 0 Å². The van der Waals surface area contributed by atoms with Crippen molar-refractivity contribution in [3.05, 3.63) is 46.2 Å². The van der Waals surface area contributed by atoms with Gasteiger partial charge in [-0.2, -0.15) is 0 Å². The van der Waals surface area contributed by atoms with E-state index >= 15 is 0 Å². The van der Waals surface area contributed by atoms with Gasteiger partial charge in [0.05, 0.1) is 0 Å². The summed E-state index contributed by atoms with van der Waals surface area (Å²) in [6, 6.07) is 9.37. The number of benzene rings is 1. The molecule has 0 bridgehead atoms. The molecule has 2 aromatic rings. The highest BCUT2D eigenvalue weighted by Crippen LogP contribution is 2.30. The Morgan fingerprint density at radius 1 is 1.21 bits per heavy atom. The number of urea groups is 1. The van der Waals surface area contributed by atoms with Crippen molar-refractivity contribution in [2.24, 2.45) is 5.92 Å². The molecule has 24 heavy (non-hydrogen) atoms. The predicted octanol–water partition coefficient (Wildman–Crippen LogP) is 3.77. The van der Waals surface area contributed by atoms with Crippen LogP contribution in [0, 0.1) is 12.8 Å². The van der Waals surface area contributed by atoms with Crippen LogP contribution in [0.4, 0.5) is 16.2 Å². The Labute approximate surface area is 145 Å². The van der Waals surface area contributed by atoms with E-state index in [0.717, 1.165) is 24.8 Å². The molecule has 1 heterocycles. The molecule has 0 aliphatic heterocycles. The average Bonchev–Trinajstić information content (AvgIpc) is 3.28. The molecule has 126 valence electrons. The Hall–Kier alpha value is -2.34. The quantitative estimate of drug-likeness (QED) is 0.747. The van der Waals surface area contributed by atoms with Crippen LogP contribution in [0.25, 0.3) is 0 Å². The zero-order valence-corrected chi connectivity index (χ0v) is 14.4. The van der Waals surface area contributed by atoms with Crippen LogP contribution in [0.15, 0.2) is 35.7 Å². The predicted molar refractivity (Wildman–Crippen MR) is 97.6 cm³/mol. The summed E-state index contributed by atoms with van der Waals surface area (Å²) < 4.78 is 0. The molecule has 3 amide bonds. The zero-order chi connectivity index (χ0) is 16.9. The van der Waals surface area contributed by atoms with Crippen molar-refractivity contribution < 1.29 is 9.59 Å². The fourth-order valence-corrected chi connectivity index (χ4v) is 3.05. The molecule has 0 radical (unpaired) electrons. The van der Waals surface area contributed by atoms with E-state index in [0.29, 0.717) is 17.9 Å². The van der Waals surface area contributed by atoms with E-state index in [9.17, 15) is 9.59 Å². The number of hydrogen-bond acceptors (Lipinski definition) is 3. The highest BCUT2D eigenvalue weighted by Gasteiger charge is 2.29. The topological polar surface area (TPSA) is 70.2 Å². The second kappa shape index (κ2) is 7.49. The number of amides is 3. The summed E-state index contributed by atoms with van der Waals surface area (Å²) in [5, 5.41) is 10.6. The Morgan fingerprint density at radius 2 is 2.04 bits per heavy atom. The highest BCUT2D eigenvalue weighted by molar-refractivity contribution is 7.09. The van der Waals surface area contributed by atoms with E-state index in [1.165, 1.54) is 4.88 Å². The summed E-state index contributed by atoms with van der Waals surface area (Å²) in [4.78, 5) is 25.1. The van der Waals surface area contributed by atoms with Gasteiger partial charge in [-0.1, -0.05) is 12.1 Å². The lowest BCUT2D eigenvalue weighted by molar-refractivity contribution is -0.117. The lowest BCUT2D eigenvalue weighted by atomic mass is 10.1. The van der Waals surface area contributed by atoms with Crippen LogP contribution in [0.1, 0.15) is 23.3 Å². The first-order valence-corrected chi connectivity index (χ1v) is 8.98. The number of anilines is 2. The molecule has 0 unspecified atom stereocenters.